The number of rotatable bonds is 3. The zero-order chi connectivity index (χ0) is 13.2. The Balaban J connectivity index is 2.19. The summed E-state index contributed by atoms with van der Waals surface area (Å²) >= 11 is 0. The van der Waals surface area contributed by atoms with Gasteiger partial charge in [0, 0.05) is 13.1 Å². The molecule has 0 spiro atoms. The van der Waals surface area contributed by atoms with Crippen LogP contribution in [0.3, 0.4) is 0 Å². The number of hydrogen-bond donors (Lipinski definition) is 2. The summed E-state index contributed by atoms with van der Waals surface area (Å²) in [6.45, 7) is 0. The second kappa shape index (κ2) is 5.16. The fourth-order valence-corrected chi connectivity index (χ4v) is 3.11. The van der Waals surface area contributed by atoms with Crippen molar-refractivity contribution in [3.63, 3.8) is 0 Å². The third kappa shape index (κ3) is 2.06. The maximum atomic E-state index is 12.7. The van der Waals surface area contributed by atoms with Crippen molar-refractivity contribution in [2.45, 2.75) is 57.4 Å². The fourth-order valence-electron chi connectivity index (χ4n) is 3.11. The van der Waals surface area contributed by atoms with Crippen LogP contribution >= 0.6 is 0 Å². The van der Waals surface area contributed by atoms with Gasteiger partial charge in [-0.05, 0) is 32.1 Å². The van der Waals surface area contributed by atoms with Gasteiger partial charge in [0.1, 0.15) is 5.41 Å². The highest BCUT2D eigenvalue weighted by atomic mass is 16.4. The largest absolute Gasteiger partial charge is 0.409 e. The van der Waals surface area contributed by atoms with Crippen molar-refractivity contribution in [1.82, 2.24) is 4.90 Å². The molecular weight excluding hydrogens is 230 g/mol. The van der Waals surface area contributed by atoms with Gasteiger partial charge in [0.2, 0.25) is 5.91 Å². The number of carbonyl (C=O) groups is 1. The van der Waals surface area contributed by atoms with Crippen molar-refractivity contribution in [3.05, 3.63) is 0 Å². The van der Waals surface area contributed by atoms with Gasteiger partial charge in [0.25, 0.3) is 0 Å². The van der Waals surface area contributed by atoms with Crippen LogP contribution in [-0.4, -0.2) is 34.9 Å². The highest BCUT2D eigenvalue weighted by molar-refractivity contribution is 6.06. The average molecular weight is 253 g/mol. The van der Waals surface area contributed by atoms with E-state index in [-0.39, 0.29) is 11.7 Å². The molecule has 0 bridgehead atoms. The van der Waals surface area contributed by atoms with E-state index in [4.69, 9.17) is 10.9 Å². The number of carbonyl (C=O) groups excluding carboxylic acids is 1. The van der Waals surface area contributed by atoms with Crippen molar-refractivity contribution in [2.24, 2.45) is 16.3 Å². The molecule has 0 saturated heterocycles. The van der Waals surface area contributed by atoms with Crippen LogP contribution in [0.5, 0.6) is 0 Å². The zero-order valence-corrected chi connectivity index (χ0v) is 11.1. The van der Waals surface area contributed by atoms with Crippen molar-refractivity contribution in [2.75, 3.05) is 7.05 Å². The summed E-state index contributed by atoms with van der Waals surface area (Å²) in [4.78, 5) is 14.5. The summed E-state index contributed by atoms with van der Waals surface area (Å²) in [5, 5.41) is 12.1. The molecule has 0 aromatic carbocycles. The number of hydrogen-bond acceptors (Lipinski definition) is 3. The Morgan fingerprint density at radius 1 is 1.28 bits per heavy atom. The second-order valence-electron chi connectivity index (χ2n) is 5.63. The van der Waals surface area contributed by atoms with Gasteiger partial charge in [-0.25, -0.2) is 0 Å². The van der Waals surface area contributed by atoms with Crippen LogP contribution in [0.2, 0.25) is 0 Å². The molecule has 1 amide bonds. The van der Waals surface area contributed by atoms with Crippen LogP contribution in [-0.2, 0) is 4.79 Å². The Morgan fingerprint density at radius 3 is 2.33 bits per heavy atom. The smallest absolute Gasteiger partial charge is 0.236 e. The molecule has 2 rings (SSSR count). The monoisotopic (exact) mass is 253 g/mol. The number of oxime groups is 1. The Morgan fingerprint density at radius 2 is 1.89 bits per heavy atom. The van der Waals surface area contributed by atoms with E-state index in [0.717, 1.165) is 32.1 Å². The first-order valence-electron chi connectivity index (χ1n) is 6.87. The third-order valence-electron chi connectivity index (χ3n) is 4.66. The maximum absolute atomic E-state index is 12.7. The minimum atomic E-state index is -0.753. The van der Waals surface area contributed by atoms with Crippen LogP contribution in [0.1, 0.15) is 51.4 Å². The number of nitrogens with two attached hydrogens (primary N) is 1. The SMILES string of the molecule is CN(C(=O)C1(C(N)=NO)CCCCC1)C1CCC1. The highest BCUT2D eigenvalue weighted by Crippen LogP contribution is 2.39. The zero-order valence-electron chi connectivity index (χ0n) is 11.1. The van der Waals surface area contributed by atoms with Crippen LogP contribution in [0.4, 0.5) is 0 Å². The fraction of sp³-hybridized carbons (Fsp3) is 0.846. The summed E-state index contributed by atoms with van der Waals surface area (Å²) in [7, 11) is 1.85. The molecule has 2 aliphatic carbocycles. The van der Waals surface area contributed by atoms with E-state index in [0.29, 0.717) is 18.9 Å². The lowest BCUT2D eigenvalue weighted by molar-refractivity contribution is -0.142. The molecule has 2 saturated carbocycles. The summed E-state index contributed by atoms with van der Waals surface area (Å²) in [5.41, 5.74) is 5.08. The van der Waals surface area contributed by atoms with Gasteiger partial charge in [-0.1, -0.05) is 24.4 Å². The molecule has 0 aliphatic heterocycles. The van der Waals surface area contributed by atoms with Crippen molar-refractivity contribution >= 4 is 11.7 Å². The third-order valence-corrected chi connectivity index (χ3v) is 4.66. The molecule has 0 atom stereocenters. The predicted octanol–water partition coefficient (Wildman–Crippen LogP) is 1.69. The van der Waals surface area contributed by atoms with Crippen LogP contribution < -0.4 is 5.73 Å². The Labute approximate surface area is 108 Å². The van der Waals surface area contributed by atoms with Gasteiger partial charge in [-0.2, -0.15) is 0 Å². The molecule has 5 nitrogen and oxygen atoms in total. The molecule has 5 heteroatoms. The lowest BCUT2D eigenvalue weighted by atomic mass is 9.71. The molecule has 0 aromatic rings. The molecule has 2 fully saturated rings. The van der Waals surface area contributed by atoms with Gasteiger partial charge < -0.3 is 15.8 Å². The first-order valence-corrected chi connectivity index (χ1v) is 6.87. The summed E-state index contributed by atoms with van der Waals surface area (Å²) < 4.78 is 0. The van der Waals surface area contributed by atoms with E-state index in [1.165, 1.54) is 6.42 Å². The van der Waals surface area contributed by atoms with Crippen LogP contribution in [0.25, 0.3) is 0 Å². The molecule has 2 aliphatic rings. The van der Waals surface area contributed by atoms with Gasteiger partial charge in [-0.15, -0.1) is 0 Å². The minimum absolute atomic E-state index is 0.0437. The molecule has 0 radical (unpaired) electrons. The topological polar surface area (TPSA) is 78.9 Å². The predicted molar refractivity (Wildman–Crippen MR) is 69.3 cm³/mol. The lowest BCUT2D eigenvalue weighted by Gasteiger charge is -2.42. The van der Waals surface area contributed by atoms with E-state index >= 15 is 0 Å². The van der Waals surface area contributed by atoms with Gasteiger partial charge in [0.15, 0.2) is 5.84 Å². The highest BCUT2D eigenvalue weighted by Gasteiger charge is 2.46. The van der Waals surface area contributed by atoms with E-state index in [1.807, 2.05) is 11.9 Å². The Hall–Kier alpha value is -1.26. The van der Waals surface area contributed by atoms with Crippen molar-refractivity contribution < 1.29 is 10.0 Å². The van der Waals surface area contributed by atoms with E-state index in [1.54, 1.807) is 0 Å². The quantitative estimate of drug-likeness (QED) is 0.348. The molecule has 18 heavy (non-hydrogen) atoms. The summed E-state index contributed by atoms with van der Waals surface area (Å²) in [5.74, 6) is 0.139. The number of amides is 1. The maximum Gasteiger partial charge on any atom is 0.236 e. The molecule has 102 valence electrons. The van der Waals surface area contributed by atoms with Gasteiger partial charge in [0.05, 0.1) is 0 Å². The van der Waals surface area contributed by atoms with E-state index in [2.05, 4.69) is 5.16 Å². The Kier molecular flexibility index (Phi) is 3.78. The Bertz CT molecular complexity index is 344. The molecule has 3 N–H and O–H groups in total. The average Bonchev–Trinajstić information content (AvgIpc) is 2.35. The summed E-state index contributed by atoms with van der Waals surface area (Å²) in [6.07, 6.45) is 7.83. The molecule has 0 unspecified atom stereocenters. The first-order chi connectivity index (χ1) is 8.62. The van der Waals surface area contributed by atoms with Gasteiger partial charge in [-0.3, -0.25) is 4.79 Å². The molecule has 0 heterocycles. The number of amidine groups is 1. The standard InChI is InChI=1S/C13H23N3O2/c1-16(10-6-5-7-10)12(17)13(11(14)15-18)8-3-2-4-9-13/h10,18H,2-9H2,1H3,(H2,14,15). The normalized spacial score (nSPS) is 24.4. The first kappa shape index (κ1) is 13.2. The van der Waals surface area contributed by atoms with Gasteiger partial charge >= 0.3 is 0 Å². The second-order valence-corrected chi connectivity index (χ2v) is 5.63. The lowest BCUT2D eigenvalue weighted by Crippen LogP contribution is -2.55. The van der Waals surface area contributed by atoms with E-state index < -0.39 is 5.41 Å². The number of nitrogens with zero attached hydrogens (tertiary/aromatic N) is 2. The van der Waals surface area contributed by atoms with Crippen LogP contribution in [0.15, 0.2) is 5.16 Å². The molecular formula is C13H23N3O2. The van der Waals surface area contributed by atoms with Crippen LogP contribution in [0, 0.1) is 5.41 Å². The molecule has 0 aromatic heterocycles. The van der Waals surface area contributed by atoms with E-state index in [9.17, 15) is 4.79 Å². The minimum Gasteiger partial charge on any atom is -0.409 e. The van der Waals surface area contributed by atoms with Crippen molar-refractivity contribution in [1.29, 1.82) is 0 Å². The van der Waals surface area contributed by atoms with Crippen molar-refractivity contribution in [3.8, 4) is 0 Å². The summed E-state index contributed by atoms with van der Waals surface area (Å²) in [6, 6.07) is 0.350.